The van der Waals surface area contributed by atoms with Crippen molar-refractivity contribution in [3.63, 3.8) is 0 Å². The van der Waals surface area contributed by atoms with Gasteiger partial charge in [0.05, 0.1) is 7.11 Å². The van der Waals surface area contributed by atoms with Gasteiger partial charge in [-0.25, -0.2) is 0 Å². The number of hydrogen-bond acceptors (Lipinski definition) is 4. The summed E-state index contributed by atoms with van der Waals surface area (Å²) in [7, 11) is 1.60. The Balaban J connectivity index is 2.27. The Labute approximate surface area is 199 Å². The van der Waals surface area contributed by atoms with Crippen LogP contribution in [0.3, 0.4) is 0 Å². The van der Waals surface area contributed by atoms with Gasteiger partial charge in [0.15, 0.2) is 6.61 Å². The summed E-state index contributed by atoms with van der Waals surface area (Å²) in [6.07, 6.45) is 0.491. The molecule has 0 aliphatic rings. The predicted molar refractivity (Wildman–Crippen MR) is 130 cm³/mol. The Morgan fingerprint density at radius 1 is 1.09 bits per heavy atom. The van der Waals surface area contributed by atoms with Crippen LogP contribution >= 0.6 is 15.9 Å². The van der Waals surface area contributed by atoms with Gasteiger partial charge >= 0.3 is 0 Å². The zero-order valence-corrected chi connectivity index (χ0v) is 21.3. The van der Waals surface area contributed by atoms with Gasteiger partial charge < -0.3 is 19.7 Å². The highest BCUT2D eigenvalue weighted by molar-refractivity contribution is 9.10. The van der Waals surface area contributed by atoms with Crippen molar-refractivity contribution in [1.82, 2.24) is 10.2 Å². The first-order valence-electron chi connectivity index (χ1n) is 10.8. The van der Waals surface area contributed by atoms with E-state index in [1.165, 1.54) is 0 Å². The quantitative estimate of drug-likeness (QED) is 0.505. The SMILES string of the molecule is CC[C@H](C(=O)NC(C)C)N(Cc1cccc(OC)c1)C(=O)COc1cc(C)c(Br)c(C)c1. The number of benzene rings is 2. The lowest BCUT2D eigenvalue weighted by Gasteiger charge is -2.31. The minimum atomic E-state index is -0.604. The highest BCUT2D eigenvalue weighted by Gasteiger charge is 2.29. The van der Waals surface area contributed by atoms with E-state index in [0.717, 1.165) is 21.2 Å². The topological polar surface area (TPSA) is 67.9 Å². The zero-order valence-electron chi connectivity index (χ0n) is 19.7. The number of methoxy groups -OCH3 is 1. The normalized spacial score (nSPS) is 11.8. The van der Waals surface area contributed by atoms with Crippen LogP contribution in [0.4, 0.5) is 0 Å². The van der Waals surface area contributed by atoms with Crippen LogP contribution < -0.4 is 14.8 Å². The van der Waals surface area contributed by atoms with Crippen LogP contribution in [-0.2, 0) is 16.1 Å². The smallest absolute Gasteiger partial charge is 0.261 e. The van der Waals surface area contributed by atoms with E-state index < -0.39 is 6.04 Å². The van der Waals surface area contributed by atoms with Gasteiger partial charge in [0, 0.05) is 17.1 Å². The molecule has 0 aromatic heterocycles. The molecule has 174 valence electrons. The van der Waals surface area contributed by atoms with Crippen LogP contribution in [0.15, 0.2) is 40.9 Å². The summed E-state index contributed by atoms with van der Waals surface area (Å²) >= 11 is 3.54. The van der Waals surface area contributed by atoms with Crippen molar-refractivity contribution >= 4 is 27.7 Å². The molecule has 0 saturated carbocycles. The first-order valence-corrected chi connectivity index (χ1v) is 11.6. The number of halogens is 1. The van der Waals surface area contributed by atoms with Gasteiger partial charge in [-0.1, -0.05) is 35.0 Å². The molecule has 0 aliphatic carbocycles. The molecule has 2 aromatic rings. The number of aryl methyl sites for hydroxylation is 2. The van der Waals surface area contributed by atoms with E-state index in [2.05, 4.69) is 21.2 Å². The highest BCUT2D eigenvalue weighted by Crippen LogP contribution is 2.26. The molecule has 0 heterocycles. The van der Waals surface area contributed by atoms with E-state index >= 15 is 0 Å². The maximum Gasteiger partial charge on any atom is 0.261 e. The van der Waals surface area contributed by atoms with Gasteiger partial charge in [0.25, 0.3) is 5.91 Å². The van der Waals surface area contributed by atoms with Crippen molar-refractivity contribution in [3.05, 3.63) is 57.6 Å². The van der Waals surface area contributed by atoms with E-state index in [1.54, 1.807) is 12.0 Å². The molecule has 2 aromatic carbocycles. The van der Waals surface area contributed by atoms with Crippen LogP contribution in [-0.4, -0.2) is 42.5 Å². The van der Waals surface area contributed by atoms with Crippen LogP contribution in [0.1, 0.15) is 43.9 Å². The minimum absolute atomic E-state index is 0.0183. The van der Waals surface area contributed by atoms with Crippen LogP contribution in [0.5, 0.6) is 11.5 Å². The standard InChI is InChI=1S/C25H33BrN2O4/c1-7-22(25(30)27-16(2)3)28(14-19-9-8-10-20(13-19)31-6)23(29)15-32-21-11-17(4)24(26)18(5)12-21/h8-13,16,22H,7,14-15H2,1-6H3,(H,27,30)/t22-/m1/s1. The van der Waals surface area contributed by atoms with Gasteiger partial charge in [0.2, 0.25) is 5.91 Å². The lowest BCUT2D eigenvalue weighted by molar-refractivity contribution is -0.143. The molecule has 1 atom stereocenters. The Bertz CT molecular complexity index is 922. The molecule has 2 amide bonds. The lowest BCUT2D eigenvalue weighted by Crippen LogP contribution is -2.51. The number of nitrogens with one attached hydrogen (secondary N) is 1. The van der Waals surface area contributed by atoms with Crippen molar-refractivity contribution in [3.8, 4) is 11.5 Å². The molecule has 7 heteroatoms. The number of amides is 2. The van der Waals surface area contributed by atoms with Gasteiger partial charge in [0.1, 0.15) is 17.5 Å². The maximum atomic E-state index is 13.3. The summed E-state index contributed by atoms with van der Waals surface area (Å²) in [5, 5.41) is 2.93. The minimum Gasteiger partial charge on any atom is -0.497 e. The Morgan fingerprint density at radius 3 is 2.31 bits per heavy atom. The fourth-order valence-electron chi connectivity index (χ4n) is 3.49. The second kappa shape index (κ2) is 11.9. The average Bonchev–Trinajstić information content (AvgIpc) is 2.75. The molecule has 0 radical (unpaired) electrons. The Hall–Kier alpha value is -2.54. The molecule has 0 spiro atoms. The van der Waals surface area contributed by atoms with E-state index in [-0.39, 0.29) is 31.0 Å². The van der Waals surface area contributed by atoms with Crippen molar-refractivity contribution < 1.29 is 19.1 Å². The molecule has 0 saturated heterocycles. The zero-order chi connectivity index (χ0) is 23.8. The fraction of sp³-hybridized carbons (Fsp3) is 0.440. The second-order valence-electron chi connectivity index (χ2n) is 8.12. The number of carbonyl (C=O) groups excluding carboxylic acids is 2. The first kappa shape index (κ1) is 25.7. The first-order chi connectivity index (χ1) is 15.2. The van der Waals surface area contributed by atoms with Gasteiger partial charge in [-0.2, -0.15) is 0 Å². The third-order valence-electron chi connectivity index (χ3n) is 5.08. The monoisotopic (exact) mass is 504 g/mol. The summed E-state index contributed by atoms with van der Waals surface area (Å²) < 4.78 is 12.2. The van der Waals surface area contributed by atoms with Crippen LogP contribution in [0, 0.1) is 13.8 Å². The summed E-state index contributed by atoms with van der Waals surface area (Å²) in [6.45, 7) is 9.78. The van der Waals surface area contributed by atoms with Gasteiger partial charge in [-0.05, 0) is 75.1 Å². The fourth-order valence-corrected chi connectivity index (χ4v) is 3.71. The third-order valence-corrected chi connectivity index (χ3v) is 6.33. The maximum absolute atomic E-state index is 13.3. The van der Waals surface area contributed by atoms with Crippen molar-refractivity contribution in [2.75, 3.05) is 13.7 Å². The lowest BCUT2D eigenvalue weighted by atomic mass is 10.1. The van der Waals surface area contributed by atoms with Crippen LogP contribution in [0.2, 0.25) is 0 Å². The van der Waals surface area contributed by atoms with Crippen molar-refractivity contribution in [1.29, 1.82) is 0 Å². The third kappa shape index (κ3) is 6.99. The molecule has 32 heavy (non-hydrogen) atoms. The molecule has 0 aliphatic heterocycles. The number of carbonyl (C=O) groups is 2. The summed E-state index contributed by atoms with van der Waals surface area (Å²) in [4.78, 5) is 27.7. The predicted octanol–water partition coefficient (Wildman–Crippen LogP) is 4.79. The molecule has 2 rings (SSSR count). The summed E-state index contributed by atoms with van der Waals surface area (Å²) in [6, 6.07) is 10.7. The molecule has 6 nitrogen and oxygen atoms in total. The Morgan fingerprint density at radius 2 is 1.75 bits per heavy atom. The number of nitrogens with zero attached hydrogens (tertiary/aromatic N) is 1. The van der Waals surface area contributed by atoms with Gasteiger partial charge in [-0.15, -0.1) is 0 Å². The molecule has 0 fully saturated rings. The number of hydrogen-bond donors (Lipinski definition) is 1. The molecular weight excluding hydrogens is 472 g/mol. The van der Waals surface area contributed by atoms with Crippen LogP contribution in [0.25, 0.3) is 0 Å². The van der Waals surface area contributed by atoms with E-state index in [9.17, 15) is 9.59 Å². The van der Waals surface area contributed by atoms with Crippen molar-refractivity contribution in [2.24, 2.45) is 0 Å². The molecule has 0 bridgehead atoms. The molecular formula is C25H33BrN2O4. The summed E-state index contributed by atoms with van der Waals surface area (Å²) in [5.74, 6) is 0.898. The average molecular weight is 505 g/mol. The highest BCUT2D eigenvalue weighted by atomic mass is 79.9. The molecule has 1 N–H and O–H groups in total. The molecule has 0 unspecified atom stereocenters. The largest absolute Gasteiger partial charge is 0.497 e. The Kier molecular flexibility index (Phi) is 9.57. The van der Waals surface area contributed by atoms with E-state index in [1.807, 2.05) is 71.0 Å². The van der Waals surface area contributed by atoms with Gasteiger partial charge in [-0.3, -0.25) is 9.59 Å². The number of ether oxygens (including phenoxy) is 2. The number of rotatable bonds is 10. The van der Waals surface area contributed by atoms with E-state index in [4.69, 9.17) is 9.47 Å². The van der Waals surface area contributed by atoms with Crippen molar-refractivity contribution in [2.45, 2.75) is 59.7 Å². The van der Waals surface area contributed by atoms with E-state index in [0.29, 0.717) is 17.9 Å². The second-order valence-corrected chi connectivity index (χ2v) is 8.91. The summed E-state index contributed by atoms with van der Waals surface area (Å²) in [5.41, 5.74) is 2.94.